The number of hydrogen-bond donors (Lipinski definition) is 0. The van der Waals surface area contributed by atoms with Gasteiger partial charge in [0.25, 0.3) is 0 Å². The van der Waals surface area contributed by atoms with Gasteiger partial charge in [-0.15, -0.1) is 0 Å². The van der Waals surface area contributed by atoms with Crippen LogP contribution in [0, 0.1) is 0 Å². The van der Waals surface area contributed by atoms with Crippen LogP contribution in [0.15, 0.2) is 217 Å². The molecule has 13 rings (SSSR count). The summed E-state index contributed by atoms with van der Waals surface area (Å²) in [7, 11) is 0. The first-order valence-corrected chi connectivity index (χ1v) is 21.2. The lowest BCUT2D eigenvalue weighted by Gasteiger charge is -2.11. The van der Waals surface area contributed by atoms with Crippen LogP contribution in [0.25, 0.3) is 122 Å². The van der Waals surface area contributed by atoms with Gasteiger partial charge in [0.05, 0.1) is 22.1 Å². The quantitative estimate of drug-likeness (QED) is 0.168. The van der Waals surface area contributed by atoms with E-state index in [4.69, 9.17) is 19.4 Å². The first-order chi connectivity index (χ1) is 31.2. The molecule has 294 valence electrons. The fourth-order valence-electron chi connectivity index (χ4n) is 9.42. The molecule has 4 aromatic heterocycles. The topological polar surface area (TPSA) is 61.7 Å². The van der Waals surface area contributed by atoms with Gasteiger partial charge in [-0.25, -0.2) is 4.98 Å². The van der Waals surface area contributed by atoms with Crippen molar-refractivity contribution >= 4 is 65.6 Å². The van der Waals surface area contributed by atoms with E-state index in [1.807, 2.05) is 36.4 Å². The Morgan fingerprint density at radius 3 is 1.46 bits per heavy atom. The largest absolute Gasteiger partial charge is 0.456 e. The Bertz CT molecular complexity index is 3900. The molecule has 0 unspecified atom stereocenters. The van der Waals surface area contributed by atoms with E-state index >= 15 is 0 Å². The van der Waals surface area contributed by atoms with Gasteiger partial charge in [0.1, 0.15) is 11.2 Å². The molecular weight excluding hydrogens is 771 g/mol. The molecule has 0 bridgehead atoms. The third-order valence-electron chi connectivity index (χ3n) is 12.4. The fourth-order valence-corrected chi connectivity index (χ4v) is 9.42. The van der Waals surface area contributed by atoms with Crippen molar-refractivity contribution in [2.75, 3.05) is 0 Å². The summed E-state index contributed by atoms with van der Waals surface area (Å²) in [6.07, 6.45) is 0. The predicted octanol–water partition coefficient (Wildman–Crippen LogP) is 14.6. The number of benzene rings is 9. The molecule has 0 fully saturated rings. The highest BCUT2D eigenvalue weighted by molar-refractivity contribution is 6.19. The summed E-state index contributed by atoms with van der Waals surface area (Å²) in [5.74, 6) is 1.69. The summed E-state index contributed by atoms with van der Waals surface area (Å²) < 4.78 is 11.2. The molecule has 0 atom stereocenters. The summed E-state index contributed by atoms with van der Waals surface area (Å²) in [4.78, 5) is 15.7. The van der Waals surface area contributed by atoms with Crippen LogP contribution in [0.1, 0.15) is 0 Å². The van der Waals surface area contributed by atoms with Crippen molar-refractivity contribution in [2.45, 2.75) is 0 Å². The average molecular weight is 806 g/mol. The Hall–Kier alpha value is -8.61. The molecule has 6 heteroatoms. The summed E-state index contributed by atoms with van der Waals surface area (Å²) in [6.45, 7) is 0. The van der Waals surface area contributed by atoms with Crippen molar-refractivity contribution in [1.82, 2.24) is 24.1 Å². The van der Waals surface area contributed by atoms with Gasteiger partial charge in [0.2, 0.25) is 5.95 Å². The standard InChI is InChI=1S/C57H35N5O/c1-4-15-36(16-5-1)38-19-14-20-39(31-38)40-27-29-45-46-30-28-41(33-54(46)63-53(45)32-40)56-58-55(37-17-6-2-7-18-37)59-57(60-56)62-50-26-13-11-24-44(50)48-34-47-43-23-10-12-25-49(43)61(51(47)35-52(48)62)42-21-8-3-9-22-42/h1-35H. The van der Waals surface area contributed by atoms with Crippen molar-refractivity contribution < 1.29 is 4.42 Å². The van der Waals surface area contributed by atoms with Crippen LogP contribution in [0.5, 0.6) is 0 Å². The van der Waals surface area contributed by atoms with Gasteiger partial charge < -0.3 is 8.98 Å². The minimum absolute atomic E-state index is 0.541. The second-order valence-corrected chi connectivity index (χ2v) is 16.0. The molecule has 0 spiro atoms. The first kappa shape index (κ1) is 35.2. The number of fused-ring (bicyclic) bond motifs is 9. The Morgan fingerprint density at radius 1 is 0.286 bits per heavy atom. The Morgan fingerprint density at radius 2 is 0.778 bits per heavy atom. The van der Waals surface area contributed by atoms with E-state index in [9.17, 15) is 0 Å². The van der Waals surface area contributed by atoms with Crippen LogP contribution < -0.4 is 0 Å². The van der Waals surface area contributed by atoms with Gasteiger partial charge in [-0.2, -0.15) is 9.97 Å². The Balaban J connectivity index is 0.995. The van der Waals surface area contributed by atoms with E-state index in [1.165, 1.54) is 21.9 Å². The van der Waals surface area contributed by atoms with Gasteiger partial charge in [-0.3, -0.25) is 4.57 Å². The van der Waals surface area contributed by atoms with Crippen molar-refractivity contribution in [2.24, 2.45) is 0 Å². The smallest absolute Gasteiger partial charge is 0.238 e. The summed E-state index contributed by atoms with van der Waals surface area (Å²) in [6, 6.07) is 74.4. The van der Waals surface area contributed by atoms with E-state index in [1.54, 1.807) is 0 Å². The predicted molar refractivity (Wildman–Crippen MR) is 258 cm³/mol. The maximum atomic E-state index is 6.66. The third-order valence-corrected chi connectivity index (χ3v) is 12.4. The van der Waals surface area contributed by atoms with Crippen LogP contribution in [-0.4, -0.2) is 24.1 Å². The number of rotatable bonds is 6. The molecule has 0 aliphatic rings. The zero-order valence-electron chi connectivity index (χ0n) is 33.9. The highest BCUT2D eigenvalue weighted by Crippen LogP contribution is 2.40. The van der Waals surface area contributed by atoms with Crippen LogP contribution in [0.3, 0.4) is 0 Å². The molecule has 0 amide bonds. The lowest BCUT2D eigenvalue weighted by Crippen LogP contribution is -2.06. The van der Waals surface area contributed by atoms with Gasteiger partial charge in [0, 0.05) is 49.1 Å². The number of hydrogen-bond acceptors (Lipinski definition) is 4. The van der Waals surface area contributed by atoms with E-state index in [2.05, 4.69) is 185 Å². The van der Waals surface area contributed by atoms with Gasteiger partial charge in [-0.1, -0.05) is 146 Å². The molecule has 6 nitrogen and oxygen atoms in total. The van der Waals surface area contributed by atoms with Crippen molar-refractivity contribution in [3.63, 3.8) is 0 Å². The molecule has 0 aliphatic carbocycles. The zero-order valence-corrected chi connectivity index (χ0v) is 33.9. The average Bonchev–Trinajstić information content (AvgIpc) is 4.00. The van der Waals surface area contributed by atoms with Gasteiger partial charge >= 0.3 is 0 Å². The monoisotopic (exact) mass is 805 g/mol. The van der Waals surface area contributed by atoms with Crippen LogP contribution in [0.2, 0.25) is 0 Å². The number of aromatic nitrogens is 5. The highest BCUT2D eigenvalue weighted by Gasteiger charge is 2.22. The normalized spacial score (nSPS) is 11.8. The van der Waals surface area contributed by atoms with Crippen LogP contribution in [-0.2, 0) is 0 Å². The molecule has 0 aliphatic heterocycles. The lowest BCUT2D eigenvalue weighted by molar-refractivity contribution is 0.669. The summed E-state index contributed by atoms with van der Waals surface area (Å²) in [5, 5.41) is 6.76. The minimum atomic E-state index is 0.541. The molecule has 0 N–H and O–H groups in total. The number of nitrogens with zero attached hydrogens (tertiary/aromatic N) is 5. The molecule has 0 saturated heterocycles. The van der Waals surface area contributed by atoms with Crippen molar-refractivity contribution in [3.05, 3.63) is 212 Å². The molecule has 63 heavy (non-hydrogen) atoms. The fraction of sp³-hybridized carbons (Fsp3) is 0. The molecule has 4 heterocycles. The van der Waals surface area contributed by atoms with E-state index in [-0.39, 0.29) is 0 Å². The SMILES string of the molecule is c1ccc(-c2cccc(-c3ccc4c(c3)oc3cc(-c5nc(-c6ccccc6)nc(-n6c7ccccc7c7cc8c9ccccc9n(-c9ccccc9)c8cc76)n5)ccc34)c2)cc1. The molecular formula is C57H35N5O. The maximum absolute atomic E-state index is 6.66. The third kappa shape index (κ3) is 5.69. The maximum Gasteiger partial charge on any atom is 0.238 e. The first-order valence-electron chi connectivity index (χ1n) is 21.2. The lowest BCUT2D eigenvalue weighted by atomic mass is 9.98. The molecule has 9 aromatic carbocycles. The summed E-state index contributed by atoms with van der Waals surface area (Å²) >= 11 is 0. The van der Waals surface area contributed by atoms with E-state index in [0.717, 1.165) is 82.7 Å². The van der Waals surface area contributed by atoms with Gasteiger partial charge in [0.15, 0.2) is 11.6 Å². The number of para-hydroxylation sites is 3. The number of furan rings is 1. The van der Waals surface area contributed by atoms with E-state index < -0.39 is 0 Å². The van der Waals surface area contributed by atoms with Crippen molar-refractivity contribution in [3.8, 4) is 56.7 Å². The Kier molecular flexibility index (Phi) is 7.80. The Labute approximate surface area is 361 Å². The van der Waals surface area contributed by atoms with Gasteiger partial charge in [-0.05, 0) is 89.0 Å². The van der Waals surface area contributed by atoms with Crippen LogP contribution in [0.4, 0.5) is 0 Å². The second-order valence-electron chi connectivity index (χ2n) is 16.0. The summed E-state index contributed by atoms with van der Waals surface area (Å²) in [5.41, 5.74) is 13.4. The minimum Gasteiger partial charge on any atom is -0.456 e. The molecule has 0 saturated carbocycles. The second kappa shape index (κ2) is 14.0. The molecule has 13 aromatic rings. The van der Waals surface area contributed by atoms with E-state index in [0.29, 0.717) is 17.6 Å². The highest BCUT2D eigenvalue weighted by atomic mass is 16.3. The van der Waals surface area contributed by atoms with Crippen molar-refractivity contribution in [1.29, 1.82) is 0 Å². The van der Waals surface area contributed by atoms with Crippen LogP contribution >= 0.6 is 0 Å². The zero-order chi connectivity index (χ0) is 41.4. The molecule has 0 radical (unpaired) electrons.